The van der Waals surface area contributed by atoms with Gasteiger partial charge in [0.1, 0.15) is 5.75 Å². The van der Waals surface area contributed by atoms with E-state index in [1.165, 1.54) is 24.3 Å². The largest absolute Gasteiger partial charge is 0.618 e. The summed E-state index contributed by atoms with van der Waals surface area (Å²) in [5.74, 6) is -9.43. The second-order valence-electron chi connectivity index (χ2n) is 7.75. The fourth-order valence-corrected chi connectivity index (χ4v) is 4.11. The fourth-order valence-electron chi connectivity index (χ4n) is 3.53. The minimum absolute atomic E-state index is 0.130. The summed E-state index contributed by atoms with van der Waals surface area (Å²) >= 11 is 2.53. The van der Waals surface area contributed by atoms with E-state index in [2.05, 4.69) is 20.7 Å². The Hall–Kier alpha value is -3.17. The van der Waals surface area contributed by atoms with Crippen molar-refractivity contribution < 1.29 is 62.6 Å². The first-order valence-corrected chi connectivity index (χ1v) is 10.7. The lowest BCUT2D eigenvalue weighted by Gasteiger charge is -2.36. The SMILES string of the molecule is O=C(Cc1c(Br)cc(C(F)(C(F)(F)F)C(F)(F)C(F)(F)F)cc1OC(F)F)c1ccc2c(ccc[n+]2[O-])c1. The Morgan fingerprint density at radius 3 is 2.13 bits per heavy atom. The molecule has 0 N–H and O–H groups in total. The van der Waals surface area contributed by atoms with Gasteiger partial charge in [-0.2, -0.15) is 48.6 Å². The van der Waals surface area contributed by atoms with Crippen molar-refractivity contribution in [1.82, 2.24) is 0 Å². The van der Waals surface area contributed by atoms with Gasteiger partial charge < -0.3 is 9.94 Å². The molecule has 0 fully saturated rings. The lowest BCUT2D eigenvalue weighted by molar-refractivity contribution is -0.577. The number of fused-ring (bicyclic) bond motifs is 1. The quantitative estimate of drug-likeness (QED) is 0.121. The topological polar surface area (TPSA) is 53.2 Å². The Morgan fingerprint density at radius 2 is 1.58 bits per heavy atom. The Bertz CT molecular complexity index is 1380. The third-order valence-electron chi connectivity index (χ3n) is 5.37. The lowest BCUT2D eigenvalue weighted by atomic mass is 9.86. The van der Waals surface area contributed by atoms with E-state index in [1.54, 1.807) is 0 Å². The maximum absolute atomic E-state index is 14.9. The Kier molecular flexibility index (Phi) is 7.62. The van der Waals surface area contributed by atoms with E-state index in [1.807, 2.05) is 0 Å². The molecule has 0 aliphatic carbocycles. The van der Waals surface area contributed by atoms with Crippen molar-refractivity contribution in [3.8, 4) is 5.75 Å². The highest BCUT2D eigenvalue weighted by molar-refractivity contribution is 9.10. The molecular formula is C22H11BrF11NO3. The highest BCUT2D eigenvalue weighted by Gasteiger charge is 2.81. The average molecular weight is 626 g/mol. The van der Waals surface area contributed by atoms with Crippen LogP contribution in [-0.2, 0) is 12.1 Å². The molecule has 16 heteroatoms. The van der Waals surface area contributed by atoms with E-state index in [0.29, 0.717) is 4.73 Å². The maximum Gasteiger partial charge on any atom is 0.457 e. The number of hydrogen-bond acceptors (Lipinski definition) is 3. The van der Waals surface area contributed by atoms with Crippen LogP contribution in [0.1, 0.15) is 21.5 Å². The summed E-state index contributed by atoms with van der Waals surface area (Å²) < 4.78 is 151. The number of rotatable bonds is 7. The van der Waals surface area contributed by atoms with Crippen LogP contribution in [0.5, 0.6) is 5.75 Å². The number of ketones is 1. The summed E-state index contributed by atoms with van der Waals surface area (Å²) in [6.45, 7) is -3.86. The van der Waals surface area contributed by atoms with Crippen LogP contribution in [0, 0.1) is 5.21 Å². The molecular weight excluding hydrogens is 615 g/mol. The molecule has 1 atom stereocenters. The number of aromatic nitrogens is 1. The summed E-state index contributed by atoms with van der Waals surface area (Å²) in [7, 11) is 0. The number of nitrogens with zero attached hydrogens (tertiary/aromatic N) is 1. The third-order valence-corrected chi connectivity index (χ3v) is 6.08. The number of hydrogen-bond donors (Lipinski definition) is 0. The third kappa shape index (κ3) is 5.09. The van der Waals surface area contributed by atoms with Crippen LogP contribution in [0.4, 0.5) is 48.3 Å². The molecule has 38 heavy (non-hydrogen) atoms. The first-order valence-electron chi connectivity index (χ1n) is 9.94. The second-order valence-corrected chi connectivity index (χ2v) is 8.60. The Morgan fingerprint density at radius 1 is 0.947 bits per heavy atom. The molecule has 206 valence electrons. The van der Waals surface area contributed by atoms with Crippen molar-refractivity contribution in [2.75, 3.05) is 0 Å². The molecule has 0 aliphatic rings. The molecule has 2 aromatic carbocycles. The van der Waals surface area contributed by atoms with Gasteiger partial charge in [0.2, 0.25) is 5.52 Å². The number of carbonyl (C=O) groups excluding carboxylic acids is 1. The van der Waals surface area contributed by atoms with Crippen molar-refractivity contribution >= 4 is 32.6 Å². The zero-order valence-corrected chi connectivity index (χ0v) is 19.7. The smallest absolute Gasteiger partial charge is 0.457 e. The molecule has 4 nitrogen and oxygen atoms in total. The highest BCUT2D eigenvalue weighted by Crippen LogP contribution is 2.59. The van der Waals surface area contributed by atoms with E-state index in [-0.39, 0.29) is 22.5 Å². The molecule has 0 saturated heterocycles. The van der Waals surface area contributed by atoms with Crippen molar-refractivity contribution in [2.45, 2.75) is 37.0 Å². The molecule has 1 aromatic heterocycles. The Labute approximate surface area is 213 Å². The molecule has 0 radical (unpaired) electrons. The van der Waals surface area contributed by atoms with Crippen molar-refractivity contribution in [1.29, 1.82) is 0 Å². The molecule has 1 unspecified atom stereocenters. The number of carbonyl (C=O) groups is 1. The van der Waals surface area contributed by atoms with Crippen LogP contribution in [0.25, 0.3) is 10.9 Å². The number of ether oxygens (including phenoxy) is 1. The van der Waals surface area contributed by atoms with Crippen molar-refractivity contribution in [3.05, 3.63) is 75.0 Å². The van der Waals surface area contributed by atoms with Crippen LogP contribution in [0.15, 0.2) is 53.1 Å². The molecule has 1 heterocycles. The van der Waals surface area contributed by atoms with Gasteiger partial charge >= 0.3 is 30.6 Å². The minimum atomic E-state index is -7.05. The first kappa shape index (κ1) is 29.4. The first-order chi connectivity index (χ1) is 17.3. The van der Waals surface area contributed by atoms with Crippen molar-refractivity contribution in [2.24, 2.45) is 0 Å². The second kappa shape index (κ2) is 9.85. The average Bonchev–Trinajstić information content (AvgIpc) is 2.78. The number of alkyl halides is 11. The van der Waals surface area contributed by atoms with E-state index < -0.39 is 70.2 Å². The van der Waals surface area contributed by atoms with Crippen LogP contribution in [0.2, 0.25) is 0 Å². The molecule has 3 rings (SSSR count). The van der Waals surface area contributed by atoms with E-state index in [4.69, 9.17) is 0 Å². The van der Waals surface area contributed by atoms with Crippen LogP contribution < -0.4 is 9.47 Å². The van der Waals surface area contributed by atoms with Gasteiger partial charge in [0.15, 0.2) is 12.0 Å². The van der Waals surface area contributed by atoms with Gasteiger partial charge in [0, 0.05) is 45.1 Å². The number of halogens is 12. The van der Waals surface area contributed by atoms with Crippen LogP contribution in [-0.4, -0.2) is 30.7 Å². The monoisotopic (exact) mass is 625 g/mol. The summed E-state index contributed by atoms with van der Waals surface area (Å²) in [4.78, 5) is 12.8. The lowest BCUT2D eigenvalue weighted by Crippen LogP contribution is -2.59. The molecule has 0 aliphatic heterocycles. The van der Waals surface area contributed by atoms with Gasteiger partial charge in [-0.3, -0.25) is 4.79 Å². The maximum atomic E-state index is 14.9. The molecule has 0 bridgehead atoms. The van der Waals surface area contributed by atoms with Gasteiger partial charge in [-0.05, 0) is 30.3 Å². The summed E-state index contributed by atoms with van der Waals surface area (Å²) in [5, 5.41) is 12.0. The zero-order valence-electron chi connectivity index (χ0n) is 18.1. The molecule has 0 spiro atoms. The normalized spacial score (nSPS) is 14.6. The van der Waals surface area contributed by atoms with E-state index >= 15 is 0 Å². The van der Waals surface area contributed by atoms with Crippen LogP contribution >= 0.6 is 15.9 Å². The molecule has 0 saturated carbocycles. The van der Waals surface area contributed by atoms with Crippen LogP contribution in [0.3, 0.4) is 0 Å². The van der Waals surface area contributed by atoms with Gasteiger partial charge in [-0.1, -0.05) is 15.9 Å². The van der Waals surface area contributed by atoms with Gasteiger partial charge in [0.05, 0.1) is 0 Å². The summed E-state index contributed by atoms with van der Waals surface area (Å²) in [6, 6.07) is 5.84. The predicted octanol–water partition coefficient (Wildman–Crippen LogP) is 7.19. The van der Waals surface area contributed by atoms with E-state index in [0.717, 1.165) is 12.3 Å². The van der Waals surface area contributed by atoms with Gasteiger partial charge in [-0.25, -0.2) is 4.39 Å². The van der Waals surface area contributed by atoms with Crippen molar-refractivity contribution in [3.63, 3.8) is 0 Å². The number of benzene rings is 2. The number of pyridine rings is 1. The zero-order chi connectivity index (χ0) is 28.8. The van der Waals surface area contributed by atoms with Gasteiger partial charge in [0.25, 0.3) is 0 Å². The van der Waals surface area contributed by atoms with Gasteiger partial charge in [-0.15, -0.1) is 0 Å². The highest BCUT2D eigenvalue weighted by atomic mass is 79.9. The number of Topliss-reactive ketones (excluding diaryl/α,β-unsaturated/α-hetero) is 1. The summed E-state index contributed by atoms with van der Waals surface area (Å²) in [6.07, 6.45) is -13.7. The van der Waals surface area contributed by atoms with E-state index in [9.17, 15) is 58.3 Å². The molecule has 3 aromatic rings. The predicted molar refractivity (Wildman–Crippen MR) is 112 cm³/mol. The minimum Gasteiger partial charge on any atom is -0.618 e. The summed E-state index contributed by atoms with van der Waals surface area (Å²) in [5.41, 5.74) is -9.53. The Balaban J connectivity index is 2.15. The molecule has 0 amide bonds. The standard InChI is InChI=1S/C22H11BrF11NO3/c23-14-7-12(19(26,21(29,30)31)20(27,28)22(32,33)34)8-17(38-18(24)25)13(14)9-16(36)11-3-4-15-10(6-11)2-1-5-35(15)37/h1-8,18H,9H2. The fraction of sp³-hybridized carbons (Fsp3) is 0.273.